The molecule has 1 rings (SSSR count). The molecule has 1 saturated heterocycles. The fourth-order valence-electron chi connectivity index (χ4n) is 2.34. The third-order valence-corrected chi connectivity index (χ3v) is 4.18. The zero-order valence-electron chi connectivity index (χ0n) is 11.7. The van der Waals surface area contributed by atoms with Crippen LogP contribution in [0.2, 0.25) is 0 Å². The van der Waals surface area contributed by atoms with Crippen LogP contribution in [0.1, 0.15) is 51.4 Å². The van der Waals surface area contributed by atoms with Crippen molar-refractivity contribution < 1.29 is 4.79 Å². The fraction of sp³-hybridized carbons (Fsp3) is 0.929. The molecule has 1 atom stereocenters. The fourth-order valence-corrected chi connectivity index (χ4v) is 2.83. The number of thioether (sulfide) groups is 1. The molecule has 106 valence electrons. The van der Waals surface area contributed by atoms with E-state index in [1.807, 2.05) is 11.8 Å². The molecule has 18 heavy (non-hydrogen) atoms. The van der Waals surface area contributed by atoms with Gasteiger partial charge in [-0.05, 0) is 50.7 Å². The summed E-state index contributed by atoms with van der Waals surface area (Å²) in [7, 11) is 0. The number of hydrogen-bond acceptors (Lipinski definition) is 3. The molecule has 0 aromatic heterocycles. The number of carbonyl (C=O) groups is 1. The molecule has 1 fully saturated rings. The van der Waals surface area contributed by atoms with Gasteiger partial charge >= 0.3 is 0 Å². The van der Waals surface area contributed by atoms with Gasteiger partial charge in [-0.25, -0.2) is 0 Å². The first-order valence-electron chi connectivity index (χ1n) is 7.32. The van der Waals surface area contributed by atoms with E-state index in [0.29, 0.717) is 12.5 Å². The zero-order valence-corrected chi connectivity index (χ0v) is 12.5. The molecule has 0 saturated carbocycles. The van der Waals surface area contributed by atoms with Gasteiger partial charge in [-0.3, -0.25) is 4.79 Å². The first-order chi connectivity index (χ1) is 8.83. The Hall–Kier alpha value is -0.220. The van der Waals surface area contributed by atoms with Crippen LogP contribution in [0, 0.1) is 0 Å². The summed E-state index contributed by atoms with van der Waals surface area (Å²) >= 11 is 1.90. The maximum atomic E-state index is 11.6. The Balaban J connectivity index is 1.90. The molecule has 0 aromatic rings. The summed E-state index contributed by atoms with van der Waals surface area (Å²) in [6.07, 6.45) is 11.3. The van der Waals surface area contributed by atoms with Crippen molar-refractivity contribution in [2.24, 2.45) is 0 Å². The highest BCUT2D eigenvalue weighted by atomic mass is 32.2. The topological polar surface area (TPSA) is 41.1 Å². The Kier molecular flexibility index (Phi) is 9.40. The number of hydrogen-bond donors (Lipinski definition) is 2. The lowest BCUT2D eigenvalue weighted by Crippen LogP contribution is -2.35. The van der Waals surface area contributed by atoms with Gasteiger partial charge in [-0.1, -0.05) is 12.8 Å². The average molecular weight is 272 g/mol. The minimum atomic E-state index is 0.229. The first kappa shape index (κ1) is 15.8. The molecule has 0 radical (unpaired) electrons. The van der Waals surface area contributed by atoms with E-state index in [0.717, 1.165) is 25.9 Å². The molecule has 0 aromatic carbocycles. The van der Waals surface area contributed by atoms with Gasteiger partial charge in [0.05, 0.1) is 0 Å². The van der Waals surface area contributed by atoms with E-state index in [-0.39, 0.29) is 5.91 Å². The van der Waals surface area contributed by atoms with Crippen LogP contribution in [0.25, 0.3) is 0 Å². The lowest BCUT2D eigenvalue weighted by molar-refractivity contribution is -0.121. The molecule has 2 N–H and O–H groups in total. The van der Waals surface area contributed by atoms with Crippen LogP contribution in [0.5, 0.6) is 0 Å². The van der Waals surface area contributed by atoms with Gasteiger partial charge in [0.2, 0.25) is 5.91 Å². The third kappa shape index (κ3) is 7.98. The number of amides is 1. The van der Waals surface area contributed by atoms with E-state index in [2.05, 4.69) is 16.9 Å². The summed E-state index contributed by atoms with van der Waals surface area (Å²) < 4.78 is 0. The highest BCUT2D eigenvalue weighted by molar-refractivity contribution is 7.98. The number of piperidine rings is 1. The third-order valence-electron chi connectivity index (χ3n) is 3.48. The molecule has 4 heteroatoms. The van der Waals surface area contributed by atoms with E-state index in [1.165, 1.54) is 37.9 Å². The van der Waals surface area contributed by atoms with Crippen LogP contribution in [0.15, 0.2) is 0 Å². The van der Waals surface area contributed by atoms with E-state index < -0.39 is 0 Å². The second-order valence-electron chi connectivity index (χ2n) is 5.09. The minimum absolute atomic E-state index is 0.229. The van der Waals surface area contributed by atoms with Crippen molar-refractivity contribution in [2.75, 3.05) is 25.1 Å². The summed E-state index contributed by atoms with van der Waals surface area (Å²) in [5.41, 5.74) is 0. The number of nitrogens with one attached hydrogen (secondary N) is 2. The Labute approximate surface area is 116 Å². The molecule has 1 aliphatic rings. The maximum Gasteiger partial charge on any atom is 0.220 e. The van der Waals surface area contributed by atoms with Crippen molar-refractivity contribution in [3.63, 3.8) is 0 Å². The van der Waals surface area contributed by atoms with Crippen molar-refractivity contribution in [3.8, 4) is 0 Å². The second-order valence-corrected chi connectivity index (χ2v) is 6.07. The summed E-state index contributed by atoms with van der Waals surface area (Å²) in [6, 6.07) is 0.575. The molecule has 3 nitrogen and oxygen atoms in total. The first-order valence-corrected chi connectivity index (χ1v) is 8.71. The Morgan fingerprint density at radius 3 is 2.94 bits per heavy atom. The highest BCUT2D eigenvalue weighted by Crippen LogP contribution is 2.11. The lowest BCUT2D eigenvalue weighted by atomic mass is 10.0. The summed E-state index contributed by atoms with van der Waals surface area (Å²) in [5.74, 6) is 1.47. The van der Waals surface area contributed by atoms with Crippen molar-refractivity contribution in [2.45, 2.75) is 57.4 Å². The number of rotatable bonds is 9. The van der Waals surface area contributed by atoms with E-state index in [4.69, 9.17) is 0 Å². The Morgan fingerprint density at radius 2 is 2.22 bits per heavy atom. The van der Waals surface area contributed by atoms with Gasteiger partial charge < -0.3 is 10.6 Å². The van der Waals surface area contributed by atoms with E-state index in [9.17, 15) is 4.79 Å². The molecular formula is C14H28N2OS. The number of carbonyl (C=O) groups excluding carboxylic acids is 1. The van der Waals surface area contributed by atoms with Crippen LogP contribution in [-0.4, -0.2) is 37.0 Å². The Morgan fingerprint density at radius 1 is 1.33 bits per heavy atom. The van der Waals surface area contributed by atoms with Gasteiger partial charge in [0, 0.05) is 19.0 Å². The predicted molar refractivity (Wildman–Crippen MR) is 80.1 cm³/mol. The SMILES string of the molecule is CSCCCCCNC(=O)CCC1CCCCN1. The monoisotopic (exact) mass is 272 g/mol. The van der Waals surface area contributed by atoms with E-state index in [1.54, 1.807) is 0 Å². The maximum absolute atomic E-state index is 11.6. The van der Waals surface area contributed by atoms with Crippen molar-refractivity contribution in [1.82, 2.24) is 10.6 Å². The number of unbranched alkanes of at least 4 members (excludes halogenated alkanes) is 2. The highest BCUT2D eigenvalue weighted by Gasteiger charge is 2.13. The summed E-state index contributed by atoms with van der Waals surface area (Å²) in [5, 5.41) is 6.51. The molecule has 1 amide bonds. The minimum Gasteiger partial charge on any atom is -0.356 e. The standard InChI is InChI=1S/C14H28N2OS/c1-18-12-6-2-4-11-16-14(17)9-8-13-7-3-5-10-15-13/h13,15H,2-12H2,1H3,(H,16,17). The lowest BCUT2D eigenvalue weighted by Gasteiger charge is -2.23. The largest absolute Gasteiger partial charge is 0.356 e. The van der Waals surface area contributed by atoms with Crippen molar-refractivity contribution >= 4 is 17.7 Å². The van der Waals surface area contributed by atoms with Crippen LogP contribution in [-0.2, 0) is 4.79 Å². The van der Waals surface area contributed by atoms with Crippen LogP contribution in [0.4, 0.5) is 0 Å². The van der Waals surface area contributed by atoms with Crippen molar-refractivity contribution in [3.05, 3.63) is 0 Å². The molecule has 0 aliphatic carbocycles. The molecule has 0 spiro atoms. The normalized spacial score (nSPS) is 19.7. The van der Waals surface area contributed by atoms with Gasteiger partial charge in [-0.15, -0.1) is 0 Å². The molecule has 0 bridgehead atoms. The quantitative estimate of drug-likeness (QED) is 0.634. The Bertz CT molecular complexity index is 218. The van der Waals surface area contributed by atoms with Gasteiger partial charge in [0.15, 0.2) is 0 Å². The van der Waals surface area contributed by atoms with Crippen LogP contribution < -0.4 is 10.6 Å². The predicted octanol–water partition coefficient (Wildman–Crippen LogP) is 2.56. The van der Waals surface area contributed by atoms with Gasteiger partial charge in [-0.2, -0.15) is 11.8 Å². The second kappa shape index (κ2) is 10.7. The molecule has 1 aliphatic heterocycles. The zero-order chi connectivity index (χ0) is 13.1. The average Bonchev–Trinajstić information content (AvgIpc) is 2.41. The summed E-state index contributed by atoms with van der Waals surface area (Å²) in [4.78, 5) is 11.6. The van der Waals surface area contributed by atoms with Gasteiger partial charge in [0.25, 0.3) is 0 Å². The van der Waals surface area contributed by atoms with Crippen molar-refractivity contribution in [1.29, 1.82) is 0 Å². The molecular weight excluding hydrogens is 244 g/mol. The summed E-state index contributed by atoms with van der Waals surface area (Å²) in [6.45, 7) is 1.98. The van der Waals surface area contributed by atoms with Crippen LogP contribution in [0.3, 0.4) is 0 Å². The van der Waals surface area contributed by atoms with Gasteiger partial charge in [0.1, 0.15) is 0 Å². The molecule has 1 heterocycles. The molecule has 1 unspecified atom stereocenters. The van der Waals surface area contributed by atoms with E-state index >= 15 is 0 Å². The van der Waals surface area contributed by atoms with Crippen LogP contribution >= 0.6 is 11.8 Å². The smallest absolute Gasteiger partial charge is 0.220 e.